The zero-order chi connectivity index (χ0) is 18.4. The van der Waals surface area contributed by atoms with Gasteiger partial charge in [-0.15, -0.1) is 0 Å². The molecule has 0 saturated heterocycles. The van der Waals surface area contributed by atoms with Gasteiger partial charge in [0.05, 0.1) is 24.3 Å². The average molecular weight is 355 g/mol. The Morgan fingerprint density at radius 1 is 1.24 bits per heavy atom. The Morgan fingerprint density at radius 3 is 2.56 bits per heavy atom. The number of fused-ring (bicyclic) bond motifs is 1. The minimum atomic E-state index is -1.12. The number of esters is 1. The third kappa shape index (κ3) is 5.80. The first-order valence-corrected chi connectivity index (χ1v) is 7.79. The number of aliphatic hydroxyl groups excluding tert-OH is 2. The molecular weight excluding hydrogens is 334 g/mol. The molecule has 1 aromatic rings. The smallest absolute Gasteiger partial charge is 0.308 e. The Balaban J connectivity index is 1.91. The van der Waals surface area contributed by atoms with E-state index in [-0.39, 0.29) is 25.4 Å². The molecular formula is C16H21NO8. The minimum Gasteiger partial charge on any atom is -0.481 e. The highest BCUT2D eigenvalue weighted by atomic mass is 16.7. The third-order valence-electron chi connectivity index (χ3n) is 3.48. The molecule has 138 valence electrons. The number of hydrogen-bond donors (Lipinski definition) is 4. The number of carboxylic acids is 1. The molecule has 0 unspecified atom stereocenters. The van der Waals surface area contributed by atoms with Gasteiger partial charge in [0.2, 0.25) is 6.79 Å². The Bertz CT molecular complexity index is 633. The van der Waals surface area contributed by atoms with Crippen LogP contribution in [0.5, 0.6) is 17.2 Å². The van der Waals surface area contributed by atoms with Crippen LogP contribution in [-0.2, 0) is 9.59 Å². The fourth-order valence-electron chi connectivity index (χ4n) is 2.39. The fourth-order valence-corrected chi connectivity index (χ4v) is 2.39. The number of aliphatic hydroxyl groups is 2. The van der Waals surface area contributed by atoms with Crippen LogP contribution in [0.25, 0.3) is 0 Å². The Labute approximate surface area is 144 Å². The molecule has 0 spiro atoms. The molecule has 0 aromatic heterocycles. The van der Waals surface area contributed by atoms with Crippen LogP contribution in [0.3, 0.4) is 0 Å². The van der Waals surface area contributed by atoms with E-state index in [0.29, 0.717) is 23.7 Å². The number of rotatable bonds is 9. The molecule has 0 radical (unpaired) electrons. The molecule has 1 heterocycles. The van der Waals surface area contributed by atoms with Gasteiger partial charge in [-0.05, 0) is 12.8 Å². The van der Waals surface area contributed by atoms with Crippen molar-refractivity contribution >= 4 is 17.6 Å². The first-order chi connectivity index (χ1) is 11.8. The van der Waals surface area contributed by atoms with Gasteiger partial charge in [0.1, 0.15) is 0 Å². The number of aliphatic carboxylic acids is 1. The zero-order valence-corrected chi connectivity index (χ0v) is 13.7. The third-order valence-corrected chi connectivity index (χ3v) is 3.48. The predicted octanol–water partition coefficient (Wildman–Crippen LogP) is 0.729. The van der Waals surface area contributed by atoms with E-state index in [0.717, 1.165) is 0 Å². The van der Waals surface area contributed by atoms with Crippen LogP contribution in [0, 0.1) is 0 Å². The highest BCUT2D eigenvalue weighted by Crippen LogP contribution is 2.40. The highest BCUT2D eigenvalue weighted by molar-refractivity contribution is 5.74. The van der Waals surface area contributed by atoms with Crippen molar-refractivity contribution in [2.45, 2.75) is 38.4 Å². The lowest BCUT2D eigenvalue weighted by Crippen LogP contribution is -2.22. The van der Waals surface area contributed by atoms with Crippen molar-refractivity contribution in [2.24, 2.45) is 0 Å². The van der Waals surface area contributed by atoms with Gasteiger partial charge >= 0.3 is 11.9 Å². The number of anilines is 1. The summed E-state index contributed by atoms with van der Waals surface area (Å²) in [4.78, 5) is 21.7. The van der Waals surface area contributed by atoms with Crippen molar-refractivity contribution in [3.05, 3.63) is 12.1 Å². The van der Waals surface area contributed by atoms with E-state index in [1.807, 2.05) is 0 Å². The standard InChI is InChI=1S/C16H21NO8/c1-9(18)25-13-7-15-14(23-8-24-15)6-12(13)17-3-2-10(19)4-11(20)5-16(21)22/h6-7,10-11,17,19-20H,2-5,8H2,1H3,(H,21,22)/t10-,11+/m1/s1. The maximum atomic E-state index is 11.2. The molecule has 9 nitrogen and oxygen atoms in total. The van der Waals surface area contributed by atoms with Crippen LogP contribution in [0.15, 0.2) is 12.1 Å². The molecule has 2 atom stereocenters. The van der Waals surface area contributed by atoms with Crippen LogP contribution in [-0.4, -0.2) is 52.8 Å². The average Bonchev–Trinajstić information content (AvgIpc) is 2.92. The van der Waals surface area contributed by atoms with Gasteiger partial charge < -0.3 is 34.8 Å². The summed E-state index contributed by atoms with van der Waals surface area (Å²) < 4.78 is 15.6. The quantitative estimate of drug-likeness (QED) is 0.373. The molecule has 0 aliphatic carbocycles. The minimum absolute atomic E-state index is 0.0358. The SMILES string of the molecule is CC(=O)Oc1cc2c(cc1NCC[C@@H](O)C[C@H](O)CC(=O)O)OCO2. The number of carbonyl (C=O) groups excluding carboxylic acids is 1. The summed E-state index contributed by atoms with van der Waals surface area (Å²) in [5, 5.41) is 31.0. The van der Waals surface area contributed by atoms with Gasteiger partial charge in [-0.3, -0.25) is 9.59 Å². The highest BCUT2D eigenvalue weighted by Gasteiger charge is 2.20. The van der Waals surface area contributed by atoms with E-state index in [1.54, 1.807) is 12.1 Å². The summed E-state index contributed by atoms with van der Waals surface area (Å²) >= 11 is 0. The van der Waals surface area contributed by atoms with Crippen molar-refractivity contribution < 1.29 is 39.1 Å². The van der Waals surface area contributed by atoms with Crippen molar-refractivity contribution in [2.75, 3.05) is 18.7 Å². The Hall–Kier alpha value is -2.52. The summed E-state index contributed by atoms with van der Waals surface area (Å²) in [5.41, 5.74) is 0.498. The van der Waals surface area contributed by atoms with Gasteiger partial charge in [-0.1, -0.05) is 0 Å². The maximum absolute atomic E-state index is 11.2. The number of carbonyl (C=O) groups is 2. The molecule has 0 saturated carbocycles. The molecule has 4 N–H and O–H groups in total. The van der Waals surface area contributed by atoms with Crippen LogP contribution < -0.4 is 19.5 Å². The lowest BCUT2D eigenvalue weighted by Gasteiger charge is -2.16. The van der Waals surface area contributed by atoms with Crippen molar-refractivity contribution in [3.8, 4) is 17.2 Å². The van der Waals surface area contributed by atoms with Crippen LogP contribution in [0.2, 0.25) is 0 Å². The van der Waals surface area contributed by atoms with Gasteiger partial charge in [0.15, 0.2) is 17.2 Å². The molecule has 1 aromatic carbocycles. The molecule has 9 heteroatoms. The van der Waals surface area contributed by atoms with E-state index in [9.17, 15) is 19.8 Å². The maximum Gasteiger partial charge on any atom is 0.308 e. The van der Waals surface area contributed by atoms with Crippen LogP contribution >= 0.6 is 0 Å². The first-order valence-electron chi connectivity index (χ1n) is 7.79. The zero-order valence-electron chi connectivity index (χ0n) is 13.7. The molecule has 25 heavy (non-hydrogen) atoms. The second kappa shape index (κ2) is 8.54. The topological polar surface area (TPSA) is 135 Å². The lowest BCUT2D eigenvalue weighted by atomic mass is 10.1. The van der Waals surface area contributed by atoms with E-state index >= 15 is 0 Å². The van der Waals surface area contributed by atoms with Crippen molar-refractivity contribution in [3.63, 3.8) is 0 Å². The van der Waals surface area contributed by atoms with E-state index in [2.05, 4.69) is 5.32 Å². The first kappa shape index (κ1) is 18.8. The van der Waals surface area contributed by atoms with Gasteiger partial charge in [-0.25, -0.2) is 0 Å². The molecule has 1 aliphatic rings. The predicted molar refractivity (Wildman–Crippen MR) is 85.9 cm³/mol. The number of hydrogen-bond acceptors (Lipinski definition) is 8. The number of nitrogens with one attached hydrogen (secondary N) is 1. The fraction of sp³-hybridized carbons (Fsp3) is 0.500. The molecule has 1 aliphatic heterocycles. The van der Waals surface area contributed by atoms with E-state index in [4.69, 9.17) is 19.3 Å². The van der Waals surface area contributed by atoms with Gasteiger partial charge in [0.25, 0.3) is 0 Å². The van der Waals surface area contributed by atoms with Crippen LogP contribution in [0.4, 0.5) is 5.69 Å². The summed E-state index contributed by atoms with van der Waals surface area (Å²) in [6.45, 7) is 1.68. The van der Waals surface area contributed by atoms with Gasteiger partial charge in [-0.2, -0.15) is 0 Å². The van der Waals surface area contributed by atoms with E-state index < -0.39 is 30.6 Å². The second-order valence-corrected chi connectivity index (χ2v) is 5.65. The second-order valence-electron chi connectivity index (χ2n) is 5.65. The lowest BCUT2D eigenvalue weighted by molar-refractivity contribution is -0.139. The largest absolute Gasteiger partial charge is 0.481 e. The number of ether oxygens (including phenoxy) is 3. The van der Waals surface area contributed by atoms with E-state index in [1.165, 1.54) is 6.92 Å². The Kier molecular flexibility index (Phi) is 6.43. The normalized spacial score (nSPS) is 14.7. The number of benzene rings is 1. The summed E-state index contributed by atoms with van der Waals surface area (Å²) in [5.74, 6) is -0.352. The van der Waals surface area contributed by atoms with Crippen molar-refractivity contribution in [1.29, 1.82) is 0 Å². The van der Waals surface area contributed by atoms with Crippen molar-refractivity contribution in [1.82, 2.24) is 0 Å². The monoisotopic (exact) mass is 355 g/mol. The van der Waals surface area contributed by atoms with Crippen LogP contribution in [0.1, 0.15) is 26.2 Å². The molecule has 0 amide bonds. The number of carboxylic acid groups (broad SMARTS) is 1. The molecule has 0 bridgehead atoms. The molecule has 2 rings (SSSR count). The molecule has 0 fully saturated rings. The summed E-state index contributed by atoms with van der Waals surface area (Å²) in [6.07, 6.45) is -2.15. The van der Waals surface area contributed by atoms with Gasteiger partial charge in [0, 0.05) is 25.6 Å². The summed E-state index contributed by atoms with van der Waals surface area (Å²) in [7, 11) is 0. The summed E-state index contributed by atoms with van der Waals surface area (Å²) in [6, 6.07) is 3.17. The Morgan fingerprint density at radius 2 is 1.92 bits per heavy atom.